The predicted molar refractivity (Wildman–Crippen MR) is 107 cm³/mol. The number of carbonyl (C=O) groups excluding carboxylic acids is 1. The van der Waals surface area contributed by atoms with E-state index in [4.69, 9.17) is 20.9 Å². The number of ketones is 1. The van der Waals surface area contributed by atoms with Gasteiger partial charge in [-0.05, 0) is 37.5 Å². The van der Waals surface area contributed by atoms with Crippen molar-refractivity contribution >= 4 is 17.4 Å². The fourth-order valence-electron chi connectivity index (χ4n) is 3.06. The first kappa shape index (κ1) is 18.7. The molecule has 0 N–H and O–H groups in total. The van der Waals surface area contributed by atoms with E-state index in [1.807, 2.05) is 31.2 Å². The van der Waals surface area contributed by atoms with Crippen molar-refractivity contribution in [2.75, 3.05) is 0 Å². The molecule has 0 unspecified atom stereocenters. The molecule has 0 amide bonds. The van der Waals surface area contributed by atoms with Gasteiger partial charge in [0.2, 0.25) is 5.88 Å². The van der Waals surface area contributed by atoms with E-state index in [1.54, 1.807) is 18.3 Å². The molecule has 1 fully saturated rings. The Labute approximate surface area is 168 Å². The van der Waals surface area contributed by atoms with Crippen LogP contribution in [0.5, 0.6) is 5.88 Å². The number of carbonyl (C=O) groups is 1. The van der Waals surface area contributed by atoms with E-state index in [9.17, 15) is 4.79 Å². The van der Waals surface area contributed by atoms with Crippen LogP contribution in [0.3, 0.4) is 0 Å². The molecule has 0 atom stereocenters. The number of hydrogen-bond donors (Lipinski definition) is 0. The Morgan fingerprint density at radius 2 is 2.00 bits per heavy atom. The monoisotopic (exact) mass is 396 g/mol. The highest BCUT2D eigenvalue weighted by atomic mass is 35.5. The van der Waals surface area contributed by atoms with Crippen LogP contribution in [-0.4, -0.2) is 15.9 Å². The van der Waals surface area contributed by atoms with E-state index >= 15 is 0 Å². The minimum absolute atomic E-state index is 0.144. The fraction of sp³-hybridized carbons (Fsp3) is 0.318. The number of ether oxygens (including phenoxy) is 1. The van der Waals surface area contributed by atoms with Gasteiger partial charge in [0.1, 0.15) is 18.1 Å². The molecule has 0 saturated heterocycles. The van der Waals surface area contributed by atoms with E-state index in [0.717, 1.165) is 29.2 Å². The topological polar surface area (TPSA) is 65.2 Å². The first-order chi connectivity index (χ1) is 13.6. The number of rotatable bonds is 8. The SMILES string of the molecule is Cc1onc(-c2ccc(Cl)cc2)c1COc1ccc(C(=O)CCC2CC2)cn1. The molecule has 0 spiro atoms. The summed E-state index contributed by atoms with van der Waals surface area (Å²) in [6.45, 7) is 2.12. The highest BCUT2D eigenvalue weighted by Gasteiger charge is 2.22. The normalized spacial score (nSPS) is 13.5. The molecule has 1 aliphatic carbocycles. The summed E-state index contributed by atoms with van der Waals surface area (Å²) >= 11 is 5.96. The minimum Gasteiger partial charge on any atom is -0.473 e. The zero-order valence-corrected chi connectivity index (χ0v) is 16.4. The fourth-order valence-corrected chi connectivity index (χ4v) is 3.18. The zero-order chi connectivity index (χ0) is 19.5. The third-order valence-corrected chi connectivity index (χ3v) is 5.25. The van der Waals surface area contributed by atoms with Crippen molar-refractivity contribution < 1.29 is 14.1 Å². The Morgan fingerprint density at radius 1 is 1.21 bits per heavy atom. The molecule has 0 aliphatic heterocycles. The van der Waals surface area contributed by atoms with Crippen molar-refractivity contribution in [3.63, 3.8) is 0 Å². The highest BCUT2D eigenvalue weighted by Crippen LogP contribution is 2.34. The third kappa shape index (κ3) is 4.42. The largest absolute Gasteiger partial charge is 0.473 e. The van der Waals surface area contributed by atoms with Crippen molar-refractivity contribution in [2.45, 2.75) is 39.2 Å². The van der Waals surface area contributed by atoms with E-state index in [1.165, 1.54) is 12.8 Å². The molecule has 2 heterocycles. The number of hydrogen-bond acceptors (Lipinski definition) is 5. The van der Waals surface area contributed by atoms with Crippen LogP contribution in [0.4, 0.5) is 0 Å². The lowest BCUT2D eigenvalue weighted by atomic mass is 10.1. The first-order valence-electron chi connectivity index (χ1n) is 9.43. The maximum Gasteiger partial charge on any atom is 0.213 e. The molecule has 0 bridgehead atoms. The summed E-state index contributed by atoms with van der Waals surface area (Å²) in [7, 11) is 0. The van der Waals surface area contributed by atoms with Crippen LogP contribution in [0.1, 0.15) is 47.4 Å². The molecule has 6 heteroatoms. The van der Waals surface area contributed by atoms with Gasteiger partial charge in [-0.2, -0.15) is 0 Å². The number of aromatic nitrogens is 2. The molecular formula is C22H21ClN2O3. The smallest absolute Gasteiger partial charge is 0.213 e. The second kappa shape index (κ2) is 8.15. The van der Waals surface area contributed by atoms with Crippen molar-refractivity contribution in [3.05, 3.63) is 64.5 Å². The number of aryl methyl sites for hydroxylation is 1. The Hall–Kier alpha value is -2.66. The molecular weight excluding hydrogens is 376 g/mol. The van der Waals surface area contributed by atoms with Gasteiger partial charge >= 0.3 is 0 Å². The number of nitrogens with zero attached hydrogens (tertiary/aromatic N) is 2. The summed E-state index contributed by atoms with van der Waals surface area (Å²) in [5.41, 5.74) is 3.12. The molecule has 4 rings (SSSR count). The average molecular weight is 397 g/mol. The van der Waals surface area contributed by atoms with Gasteiger partial charge < -0.3 is 9.26 Å². The van der Waals surface area contributed by atoms with Gasteiger partial charge in [0.25, 0.3) is 0 Å². The summed E-state index contributed by atoms with van der Waals surface area (Å²) in [5, 5.41) is 4.81. The van der Waals surface area contributed by atoms with Crippen molar-refractivity contribution in [1.29, 1.82) is 0 Å². The van der Waals surface area contributed by atoms with Crippen LogP contribution >= 0.6 is 11.6 Å². The first-order valence-corrected chi connectivity index (χ1v) is 9.81. The van der Waals surface area contributed by atoms with Gasteiger partial charge in [0.15, 0.2) is 5.78 Å². The van der Waals surface area contributed by atoms with Crippen LogP contribution < -0.4 is 4.74 Å². The number of benzene rings is 1. The number of Topliss-reactive ketones (excluding diaryl/α,β-unsaturated/α-hetero) is 1. The predicted octanol–water partition coefficient (Wildman–Crippen LogP) is 5.65. The molecule has 0 radical (unpaired) electrons. The summed E-state index contributed by atoms with van der Waals surface area (Å²) < 4.78 is 11.2. The number of halogens is 1. The summed E-state index contributed by atoms with van der Waals surface area (Å²) in [4.78, 5) is 16.5. The molecule has 1 saturated carbocycles. The molecule has 1 aromatic carbocycles. The van der Waals surface area contributed by atoms with E-state index in [-0.39, 0.29) is 12.4 Å². The van der Waals surface area contributed by atoms with E-state index in [0.29, 0.717) is 28.6 Å². The highest BCUT2D eigenvalue weighted by molar-refractivity contribution is 6.30. The Kier molecular flexibility index (Phi) is 5.44. The van der Waals surface area contributed by atoms with Crippen LogP contribution in [0.25, 0.3) is 11.3 Å². The Morgan fingerprint density at radius 3 is 2.68 bits per heavy atom. The second-order valence-corrected chi connectivity index (χ2v) is 7.59. The van der Waals surface area contributed by atoms with Gasteiger partial charge in [0.05, 0.1) is 5.56 Å². The molecule has 3 aromatic rings. The molecule has 1 aliphatic rings. The minimum atomic E-state index is 0.144. The van der Waals surface area contributed by atoms with Gasteiger partial charge in [-0.15, -0.1) is 0 Å². The Bertz CT molecular complexity index is 960. The van der Waals surface area contributed by atoms with Crippen molar-refractivity contribution in [3.8, 4) is 17.1 Å². The summed E-state index contributed by atoms with van der Waals surface area (Å²) in [6, 6.07) is 10.9. The lowest BCUT2D eigenvalue weighted by molar-refractivity contribution is 0.0977. The Balaban J connectivity index is 1.41. The van der Waals surface area contributed by atoms with E-state index < -0.39 is 0 Å². The molecule has 2 aromatic heterocycles. The van der Waals surface area contributed by atoms with Gasteiger partial charge in [-0.3, -0.25) is 4.79 Å². The maximum absolute atomic E-state index is 12.2. The maximum atomic E-state index is 12.2. The van der Waals surface area contributed by atoms with E-state index in [2.05, 4.69) is 10.1 Å². The van der Waals surface area contributed by atoms with Crippen LogP contribution in [0, 0.1) is 12.8 Å². The van der Waals surface area contributed by atoms with Crippen LogP contribution in [0.15, 0.2) is 47.1 Å². The lowest BCUT2D eigenvalue weighted by Crippen LogP contribution is -2.03. The van der Waals surface area contributed by atoms with Crippen LogP contribution in [-0.2, 0) is 6.61 Å². The van der Waals surface area contributed by atoms with Crippen molar-refractivity contribution in [2.24, 2.45) is 5.92 Å². The summed E-state index contributed by atoms with van der Waals surface area (Å²) in [5.74, 6) is 2.05. The van der Waals surface area contributed by atoms with Gasteiger partial charge in [-0.1, -0.05) is 41.7 Å². The van der Waals surface area contributed by atoms with Gasteiger partial charge in [0, 0.05) is 34.8 Å². The average Bonchev–Trinajstić information content (AvgIpc) is 3.47. The molecule has 28 heavy (non-hydrogen) atoms. The quantitative estimate of drug-likeness (QED) is 0.460. The summed E-state index contributed by atoms with van der Waals surface area (Å²) in [6.07, 6.45) is 5.69. The standard InChI is InChI=1S/C22H21ClN2O3/c1-14-19(22(25-28-14)16-5-8-18(23)9-6-16)13-27-21-11-7-17(12-24-21)20(26)10-4-15-2-3-15/h5-9,11-12,15H,2-4,10,13H2,1H3. The zero-order valence-electron chi connectivity index (χ0n) is 15.7. The number of pyridine rings is 1. The lowest BCUT2D eigenvalue weighted by Gasteiger charge is -2.07. The van der Waals surface area contributed by atoms with Crippen LogP contribution in [0.2, 0.25) is 5.02 Å². The van der Waals surface area contributed by atoms with Gasteiger partial charge in [-0.25, -0.2) is 4.98 Å². The third-order valence-electron chi connectivity index (χ3n) is 5.00. The van der Waals surface area contributed by atoms with Crippen molar-refractivity contribution in [1.82, 2.24) is 10.1 Å². The molecule has 144 valence electrons. The molecule has 5 nitrogen and oxygen atoms in total. The second-order valence-electron chi connectivity index (χ2n) is 7.15.